The number of carbonyl (C=O) groups excluding carboxylic acids is 3. The van der Waals surface area contributed by atoms with Crippen molar-refractivity contribution in [3.63, 3.8) is 0 Å². The van der Waals surface area contributed by atoms with Crippen LogP contribution >= 0.6 is 0 Å². The molecule has 5 nitrogen and oxygen atoms in total. The van der Waals surface area contributed by atoms with Gasteiger partial charge in [-0.3, -0.25) is 14.4 Å². The van der Waals surface area contributed by atoms with Crippen molar-refractivity contribution in [2.45, 2.75) is 25.2 Å². The minimum atomic E-state index is -4.74. The third kappa shape index (κ3) is 2.67. The number of amides is 2. The molecular weight excluding hydrogens is 409 g/mol. The van der Waals surface area contributed by atoms with Gasteiger partial charge in [0.15, 0.2) is 5.78 Å². The van der Waals surface area contributed by atoms with Gasteiger partial charge in [0, 0.05) is 6.20 Å². The molecule has 0 radical (unpaired) electrons. The van der Waals surface area contributed by atoms with Gasteiger partial charge >= 0.3 is 6.18 Å². The highest BCUT2D eigenvalue weighted by Gasteiger charge is 2.64. The molecule has 0 unspecified atom stereocenters. The molecule has 31 heavy (non-hydrogen) atoms. The number of fused-ring (bicyclic) bond motifs is 5. The zero-order valence-electron chi connectivity index (χ0n) is 16.3. The highest BCUT2D eigenvalue weighted by molar-refractivity contribution is 6.24. The number of rotatable bonds is 2. The second-order valence-corrected chi connectivity index (χ2v) is 7.97. The highest BCUT2D eigenvalue weighted by atomic mass is 19.4. The number of imide groups is 1. The molecule has 0 spiro atoms. The maximum Gasteiger partial charge on any atom is 0.418 e. The Morgan fingerprint density at radius 2 is 1.58 bits per heavy atom. The van der Waals surface area contributed by atoms with Crippen molar-refractivity contribution in [2.24, 2.45) is 11.8 Å². The molecule has 0 aliphatic carbocycles. The quantitative estimate of drug-likeness (QED) is 0.686. The largest absolute Gasteiger partial charge is 0.418 e. The van der Waals surface area contributed by atoms with Crippen LogP contribution in [0.5, 0.6) is 0 Å². The Morgan fingerprint density at radius 3 is 2.29 bits per heavy atom. The number of anilines is 1. The number of benzene rings is 2. The monoisotopic (exact) mass is 426 g/mol. The molecule has 3 aliphatic heterocycles. The van der Waals surface area contributed by atoms with Crippen molar-refractivity contribution < 1.29 is 27.6 Å². The molecule has 0 N–H and O–H groups in total. The lowest BCUT2D eigenvalue weighted by Crippen LogP contribution is -2.44. The molecule has 2 aromatic carbocycles. The zero-order chi connectivity index (χ0) is 22.1. The van der Waals surface area contributed by atoms with Gasteiger partial charge in [-0.2, -0.15) is 13.2 Å². The average Bonchev–Trinajstić information content (AvgIpc) is 3.20. The first-order valence-electron chi connectivity index (χ1n) is 9.81. The van der Waals surface area contributed by atoms with Gasteiger partial charge < -0.3 is 4.90 Å². The molecular formula is C23H17F3N2O3. The molecule has 2 aromatic rings. The predicted molar refractivity (Wildman–Crippen MR) is 105 cm³/mol. The molecule has 8 heteroatoms. The number of Topliss-reactive ketones (excluding diaryl/α,β-unsaturated/α-hetero) is 1. The molecule has 4 atom stereocenters. The first-order valence-corrected chi connectivity index (χ1v) is 9.81. The van der Waals surface area contributed by atoms with Crippen LogP contribution in [0.4, 0.5) is 18.9 Å². The Labute approximate surface area is 175 Å². The van der Waals surface area contributed by atoms with Gasteiger partial charge in [0.1, 0.15) is 0 Å². The maximum atomic E-state index is 13.6. The fourth-order valence-electron chi connectivity index (χ4n) is 5.17. The summed E-state index contributed by atoms with van der Waals surface area (Å²) in [5.74, 6) is -3.79. The van der Waals surface area contributed by atoms with Crippen molar-refractivity contribution in [1.82, 2.24) is 4.90 Å². The zero-order valence-corrected chi connectivity index (χ0v) is 16.3. The minimum Gasteiger partial charge on any atom is -0.359 e. The second-order valence-electron chi connectivity index (χ2n) is 7.97. The van der Waals surface area contributed by atoms with Gasteiger partial charge in [-0.15, -0.1) is 0 Å². The smallest absolute Gasteiger partial charge is 0.359 e. The van der Waals surface area contributed by atoms with Gasteiger partial charge in [0.2, 0.25) is 11.8 Å². The summed E-state index contributed by atoms with van der Waals surface area (Å²) in [6.45, 7) is 1.34. The molecule has 5 rings (SSSR count). The number of ketones is 1. The highest BCUT2D eigenvalue weighted by Crippen LogP contribution is 2.54. The number of nitrogens with zero attached hydrogens (tertiary/aromatic N) is 2. The number of alkyl halides is 3. The van der Waals surface area contributed by atoms with Crippen LogP contribution in [0.2, 0.25) is 0 Å². The van der Waals surface area contributed by atoms with Crippen LogP contribution in [0.1, 0.15) is 29.7 Å². The van der Waals surface area contributed by atoms with Crippen molar-refractivity contribution in [1.29, 1.82) is 0 Å². The van der Waals surface area contributed by atoms with Gasteiger partial charge in [-0.25, -0.2) is 4.90 Å². The van der Waals surface area contributed by atoms with Crippen molar-refractivity contribution in [2.75, 3.05) is 4.90 Å². The van der Waals surface area contributed by atoms with Crippen LogP contribution in [0, 0.1) is 11.8 Å². The van der Waals surface area contributed by atoms with E-state index in [1.165, 1.54) is 19.1 Å². The molecule has 3 aliphatic rings. The van der Waals surface area contributed by atoms with Crippen molar-refractivity contribution in [3.05, 3.63) is 71.4 Å². The van der Waals surface area contributed by atoms with Gasteiger partial charge in [-0.1, -0.05) is 36.4 Å². The summed E-state index contributed by atoms with van der Waals surface area (Å²) in [6.07, 6.45) is -1.22. The van der Waals surface area contributed by atoms with E-state index >= 15 is 0 Å². The summed E-state index contributed by atoms with van der Waals surface area (Å²) in [4.78, 5) is 41.7. The lowest BCUT2D eigenvalue weighted by Gasteiger charge is -2.35. The lowest BCUT2D eigenvalue weighted by atomic mass is 9.84. The Balaban J connectivity index is 1.67. The van der Waals surface area contributed by atoms with Crippen molar-refractivity contribution in [3.8, 4) is 0 Å². The molecule has 0 bridgehead atoms. The molecule has 3 heterocycles. The van der Waals surface area contributed by atoms with Crippen LogP contribution in [0.3, 0.4) is 0 Å². The lowest BCUT2D eigenvalue weighted by molar-refractivity contribution is -0.137. The van der Waals surface area contributed by atoms with Crippen LogP contribution in [-0.2, 0) is 20.6 Å². The van der Waals surface area contributed by atoms with Crippen LogP contribution in [0.25, 0.3) is 6.08 Å². The van der Waals surface area contributed by atoms with E-state index in [-0.39, 0.29) is 5.78 Å². The van der Waals surface area contributed by atoms with Crippen LogP contribution in [0.15, 0.2) is 54.7 Å². The SMILES string of the molecule is CC(=O)[C@H]1[C@@H]2C(=O)N(c3ccccc3C(F)(F)F)C(=O)[C@@H]2[C@H]2c3ccccc3C=CN21. The average molecular weight is 426 g/mol. The predicted octanol–water partition coefficient (Wildman–Crippen LogP) is 3.81. The molecule has 2 fully saturated rings. The molecule has 0 saturated carbocycles. The Bertz CT molecular complexity index is 1160. The van der Waals surface area contributed by atoms with E-state index in [9.17, 15) is 27.6 Å². The summed E-state index contributed by atoms with van der Waals surface area (Å²) in [7, 11) is 0. The van der Waals surface area contributed by atoms with Gasteiger partial charge in [-0.05, 0) is 36.3 Å². The van der Waals surface area contributed by atoms with E-state index in [1.807, 2.05) is 24.3 Å². The van der Waals surface area contributed by atoms with Gasteiger partial charge in [0.05, 0.1) is 35.2 Å². The Hall–Kier alpha value is -3.42. The van der Waals surface area contributed by atoms with E-state index in [0.717, 1.165) is 23.3 Å². The van der Waals surface area contributed by atoms with Crippen LogP contribution in [-0.4, -0.2) is 28.5 Å². The topological polar surface area (TPSA) is 57.7 Å². The summed E-state index contributed by atoms with van der Waals surface area (Å²) in [5.41, 5.74) is 0.0710. The third-order valence-corrected chi connectivity index (χ3v) is 6.33. The summed E-state index contributed by atoms with van der Waals surface area (Å²) < 4.78 is 40.8. The molecule has 2 saturated heterocycles. The standard InChI is InChI=1S/C23H17F3N2O3/c1-12(29)19-17-18(20-14-7-3-2-6-13(14)10-11-27(19)20)22(31)28(21(17)30)16-9-5-4-8-15(16)23(24,25)26/h2-11,17-20H,1H3/t17-,18+,19+,20-/m1/s1. The maximum absolute atomic E-state index is 13.6. The van der Waals surface area contributed by atoms with E-state index in [2.05, 4.69) is 0 Å². The molecule has 2 amide bonds. The van der Waals surface area contributed by atoms with E-state index in [1.54, 1.807) is 17.2 Å². The number of halogens is 3. The van der Waals surface area contributed by atoms with Crippen LogP contribution < -0.4 is 4.90 Å². The van der Waals surface area contributed by atoms with Gasteiger partial charge in [0.25, 0.3) is 0 Å². The first-order chi connectivity index (χ1) is 14.7. The number of carbonyl (C=O) groups is 3. The number of para-hydroxylation sites is 1. The molecule has 0 aromatic heterocycles. The number of hydrogen-bond donors (Lipinski definition) is 0. The summed E-state index contributed by atoms with van der Waals surface area (Å²) >= 11 is 0. The Morgan fingerprint density at radius 1 is 0.935 bits per heavy atom. The molecule has 158 valence electrons. The fourth-order valence-corrected chi connectivity index (χ4v) is 5.17. The number of hydrogen-bond acceptors (Lipinski definition) is 4. The van der Waals surface area contributed by atoms with Crippen molar-refractivity contribution >= 4 is 29.4 Å². The normalized spacial score (nSPS) is 26.7. The first kappa shape index (κ1) is 19.5. The second kappa shape index (κ2) is 6.54. The van der Waals surface area contributed by atoms with E-state index in [0.29, 0.717) is 4.90 Å². The Kier molecular flexibility index (Phi) is 4.12. The minimum absolute atomic E-state index is 0.311. The van der Waals surface area contributed by atoms with E-state index in [4.69, 9.17) is 0 Å². The summed E-state index contributed by atoms with van der Waals surface area (Å²) in [5, 5.41) is 0. The fraction of sp³-hybridized carbons (Fsp3) is 0.261. The summed E-state index contributed by atoms with van der Waals surface area (Å²) in [6, 6.07) is 10.3. The third-order valence-electron chi connectivity index (χ3n) is 6.33. The van der Waals surface area contributed by atoms with E-state index < -0.39 is 53.2 Å².